The number of nitrogens with zero attached hydrogens (tertiary/aromatic N) is 3. The lowest BCUT2D eigenvalue weighted by atomic mass is 9.72. The fourth-order valence-electron chi connectivity index (χ4n) is 4.75. The van der Waals surface area contributed by atoms with Crippen molar-refractivity contribution in [2.45, 2.75) is 12.8 Å². The number of allylic oxidation sites excluding steroid dienone is 1. The minimum absolute atomic E-state index is 0.0515. The van der Waals surface area contributed by atoms with E-state index in [2.05, 4.69) is 5.10 Å². The number of carbonyl (C=O) groups excluding carboxylic acids is 3. The van der Waals surface area contributed by atoms with Crippen molar-refractivity contribution >= 4 is 40.3 Å². The summed E-state index contributed by atoms with van der Waals surface area (Å²) in [5.74, 6) is -5.01. The first-order chi connectivity index (χ1) is 17.3. The second-order valence-electron chi connectivity index (χ2n) is 8.50. The molecule has 2 unspecified atom stereocenters. The molecular weight excluding hydrogens is 462 g/mol. The van der Waals surface area contributed by atoms with Crippen molar-refractivity contribution in [1.82, 2.24) is 0 Å². The number of nitro groups is 1. The number of nitro benzene ring substituents is 1. The van der Waals surface area contributed by atoms with Crippen molar-refractivity contribution in [2.24, 2.45) is 11.0 Å². The number of para-hydroxylation sites is 1. The highest BCUT2D eigenvalue weighted by atomic mass is 16.6. The predicted molar refractivity (Wildman–Crippen MR) is 132 cm³/mol. The fraction of sp³-hybridized carbons (Fsp3) is 0.111. The first kappa shape index (κ1) is 22.9. The van der Waals surface area contributed by atoms with Gasteiger partial charge in [-0.2, -0.15) is 5.10 Å². The molecule has 5 rings (SSSR count). The Balaban J connectivity index is 1.73. The molecule has 2 aliphatic rings. The summed E-state index contributed by atoms with van der Waals surface area (Å²) in [5, 5.41) is 28.3. The van der Waals surface area contributed by atoms with E-state index in [0.29, 0.717) is 11.4 Å². The summed E-state index contributed by atoms with van der Waals surface area (Å²) >= 11 is 0. The van der Waals surface area contributed by atoms with Crippen LogP contribution in [0.1, 0.15) is 34.3 Å². The van der Waals surface area contributed by atoms with Gasteiger partial charge in [0.25, 0.3) is 11.6 Å². The number of Topliss-reactive ketones (excluding diaryl/α,β-unsaturated/α-hetero) is 2. The van der Waals surface area contributed by atoms with E-state index in [4.69, 9.17) is 0 Å². The van der Waals surface area contributed by atoms with Crippen LogP contribution in [0.25, 0.3) is 5.76 Å². The van der Waals surface area contributed by atoms with E-state index in [9.17, 15) is 29.6 Å². The van der Waals surface area contributed by atoms with Crippen LogP contribution in [0.3, 0.4) is 0 Å². The van der Waals surface area contributed by atoms with E-state index >= 15 is 0 Å². The van der Waals surface area contributed by atoms with Crippen LogP contribution in [0.5, 0.6) is 0 Å². The Labute approximate surface area is 205 Å². The van der Waals surface area contributed by atoms with Gasteiger partial charge < -0.3 is 5.11 Å². The number of anilines is 1. The number of aliphatic hydroxyl groups excluding tert-OH is 1. The van der Waals surface area contributed by atoms with Gasteiger partial charge in [0.1, 0.15) is 5.76 Å². The Hall–Kier alpha value is -4.92. The highest BCUT2D eigenvalue weighted by Gasteiger charge is 2.47. The molecule has 1 aliphatic heterocycles. The molecule has 0 aromatic heterocycles. The Bertz CT molecular complexity index is 1510. The second kappa shape index (κ2) is 8.70. The lowest BCUT2D eigenvalue weighted by molar-refractivity contribution is -0.384. The normalized spacial score (nSPS) is 18.2. The highest BCUT2D eigenvalue weighted by Crippen LogP contribution is 2.44. The molecule has 0 saturated carbocycles. The SMILES string of the molecule is CC1=NN(c2ccccc2)C(=O)C1C(C1=C(O)c2ccccc2C(=O)C1=O)c1cccc([N+](=O)[O-])c1. The summed E-state index contributed by atoms with van der Waals surface area (Å²) in [6.07, 6.45) is 0. The smallest absolute Gasteiger partial charge is 0.269 e. The Morgan fingerprint density at radius 2 is 1.58 bits per heavy atom. The van der Waals surface area contributed by atoms with Gasteiger partial charge in [-0.1, -0.05) is 54.6 Å². The molecule has 0 radical (unpaired) electrons. The average Bonchev–Trinajstić information content (AvgIpc) is 3.19. The maximum atomic E-state index is 13.7. The van der Waals surface area contributed by atoms with E-state index in [1.807, 2.05) is 0 Å². The summed E-state index contributed by atoms with van der Waals surface area (Å²) in [4.78, 5) is 51.0. The molecular formula is C27H19N3O6. The standard InChI is InChI=1S/C27H19N3O6/c1-15-21(27(34)29(28-15)17-9-3-2-4-10-17)22(16-8-7-11-18(14-16)30(35)36)23-24(31)19-12-5-6-13-20(19)25(32)26(23)33/h2-14,21-22,31H,1H3. The van der Waals surface area contributed by atoms with Gasteiger partial charge in [-0.15, -0.1) is 0 Å². The molecule has 0 saturated heterocycles. The van der Waals surface area contributed by atoms with Crippen molar-refractivity contribution in [3.8, 4) is 0 Å². The van der Waals surface area contributed by atoms with Crippen LogP contribution >= 0.6 is 0 Å². The predicted octanol–water partition coefficient (Wildman–Crippen LogP) is 4.45. The molecule has 0 fully saturated rings. The van der Waals surface area contributed by atoms with Crippen molar-refractivity contribution in [2.75, 3.05) is 5.01 Å². The largest absolute Gasteiger partial charge is 0.507 e. The quantitative estimate of drug-likeness (QED) is 0.325. The highest BCUT2D eigenvalue weighted by molar-refractivity contribution is 6.52. The van der Waals surface area contributed by atoms with Gasteiger partial charge in [-0.25, -0.2) is 5.01 Å². The van der Waals surface area contributed by atoms with Gasteiger partial charge in [0.15, 0.2) is 0 Å². The van der Waals surface area contributed by atoms with E-state index in [1.165, 1.54) is 41.4 Å². The molecule has 1 amide bonds. The van der Waals surface area contributed by atoms with E-state index < -0.39 is 40.0 Å². The van der Waals surface area contributed by atoms with Gasteiger partial charge in [0, 0.05) is 34.9 Å². The van der Waals surface area contributed by atoms with Crippen molar-refractivity contribution in [3.05, 3.63) is 111 Å². The monoisotopic (exact) mass is 481 g/mol. The van der Waals surface area contributed by atoms with Crippen LogP contribution in [0.15, 0.2) is 89.5 Å². The second-order valence-corrected chi connectivity index (χ2v) is 8.50. The zero-order valence-electron chi connectivity index (χ0n) is 19.0. The lowest BCUT2D eigenvalue weighted by Crippen LogP contribution is -2.36. The lowest BCUT2D eigenvalue weighted by Gasteiger charge is -2.28. The molecule has 36 heavy (non-hydrogen) atoms. The van der Waals surface area contributed by atoms with E-state index in [-0.39, 0.29) is 28.0 Å². The Morgan fingerprint density at radius 3 is 2.28 bits per heavy atom. The number of fused-ring (bicyclic) bond motifs is 1. The molecule has 1 heterocycles. The number of benzene rings is 3. The number of aliphatic hydroxyl groups is 1. The number of non-ortho nitro benzene ring substituents is 1. The number of hydrogen-bond donors (Lipinski definition) is 1. The molecule has 3 aromatic carbocycles. The van der Waals surface area contributed by atoms with Gasteiger partial charge >= 0.3 is 0 Å². The van der Waals surface area contributed by atoms with Gasteiger partial charge in [-0.05, 0) is 24.6 Å². The number of ketones is 2. The van der Waals surface area contributed by atoms with Gasteiger partial charge in [0.05, 0.1) is 22.1 Å². The van der Waals surface area contributed by atoms with Crippen LogP contribution in [0, 0.1) is 16.0 Å². The molecule has 1 aliphatic carbocycles. The maximum Gasteiger partial charge on any atom is 0.269 e. The summed E-state index contributed by atoms with van der Waals surface area (Å²) in [6.45, 7) is 1.61. The molecule has 1 N–H and O–H groups in total. The third-order valence-electron chi connectivity index (χ3n) is 6.40. The summed E-state index contributed by atoms with van der Waals surface area (Å²) in [6, 6.07) is 20.3. The number of rotatable bonds is 5. The minimum atomic E-state index is -1.19. The fourth-order valence-corrected chi connectivity index (χ4v) is 4.75. The minimum Gasteiger partial charge on any atom is -0.507 e. The molecule has 0 bridgehead atoms. The van der Waals surface area contributed by atoms with E-state index in [1.54, 1.807) is 49.4 Å². The third kappa shape index (κ3) is 3.58. The average molecular weight is 481 g/mol. The zero-order chi connectivity index (χ0) is 25.6. The molecule has 0 spiro atoms. The molecule has 9 nitrogen and oxygen atoms in total. The molecule has 9 heteroatoms. The molecule has 2 atom stereocenters. The third-order valence-corrected chi connectivity index (χ3v) is 6.40. The van der Waals surface area contributed by atoms with Crippen molar-refractivity contribution in [3.63, 3.8) is 0 Å². The van der Waals surface area contributed by atoms with Crippen LogP contribution in [0.2, 0.25) is 0 Å². The first-order valence-corrected chi connectivity index (χ1v) is 11.1. The van der Waals surface area contributed by atoms with Crippen LogP contribution < -0.4 is 5.01 Å². The molecule has 178 valence electrons. The van der Waals surface area contributed by atoms with E-state index in [0.717, 1.165) is 0 Å². The maximum absolute atomic E-state index is 13.7. The number of hydrogen-bond acceptors (Lipinski definition) is 7. The Kier molecular flexibility index (Phi) is 5.52. The summed E-state index contributed by atoms with van der Waals surface area (Å²) in [7, 11) is 0. The number of carbonyl (C=O) groups is 3. The van der Waals surface area contributed by atoms with Crippen LogP contribution in [-0.2, 0) is 9.59 Å². The van der Waals surface area contributed by atoms with Crippen molar-refractivity contribution in [1.29, 1.82) is 0 Å². The Morgan fingerprint density at radius 1 is 0.917 bits per heavy atom. The first-order valence-electron chi connectivity index (χ1n) is 11.1. The summed E-state index contributed by atoms with van der Waals surface area (Å²) < 4.78 is 0. The zero-order valence-corrected chi connectivity index (χ0v) is 19.0. The van der Waals surface area contributed by atoms with Crippen LogP contribution in [0.4, 0.5) is 11.4 Å². The topological polar surface area (TPSA) is 130 Å². The van der Waals surface area contributed by atoms with Crippen molar-refractivity contribution < 1.29 is 24.4 Å². The van der Waals surface area contributed by atoms with Gasteiger partial charge in [-0.3, -0.25) is 24.5 Å². The van der Waals surface area contributed by atoms with Crippen LogP contribution in [-0.4, -0.2) is 33.2 Å². The number of amides is 1. The summed E-state index contributed by atoms with van der Waals surface area (Å²) in [5.41, 5.74) is 0.725. The molecule has 3 aromatic rings. The van der Waals surface area contributed by atoms with Gasteiger partial charge in [0.2, 0.25) is 11.6 Å². The number of hydrazone groups is 1.